The third kappa shape index (κ3) is 2.48. The summed E-state index contributed by atoms with van der Waals surface area (Å²) in [5.41, 5.74) is 1.21. The molecule has 0 aliphatic heterocycles. The summed E-state index contributed by atoms with van der Waals surface area (Å²) < 4.78 is 11.4. The lowest BCUT2D eigenvalue weighted by molar-refractivity contribution is 0.0595. The Hall–Kier alpha value is -2.41. The van der Waals surface area contributed by atoms with Crippen LogP contribution in [0.25, 0.3) is 11.3 Å². The van der Waals surface area contributed by atoms with E-state index in [1.165, 1.54) is 18.9 Å². The average molecular weight is 277 g/mol. The highest BCUT2D eigenvalue weighted by molar-refractivity contribution is 5.94. The quantitative estimate of drug-likeness (QED) is 0.811. The molecule has 1 heterocycles. The smallest absolute Gasteiger partial charge is 0.360 e. The van der Waals surface area contributed by atoms with Crippen molar-refractivity contribution in [1.29, 1.82) is 0 Å². The van der Waals surface area contributed by atoms with E-state index < -0.39 is 5.97 Å². The molecule has 1 N–H and O–H groups in total. The van der Waals surface area contributed by atoms with Crippen LogP contribution in [-0.4, -0.2) is 46.9 Å². The van der Waals surface area contributed by atoms with Gasteiger partial charge in [-0.05, 0) is 12.1 Å². The highest BCUT2D eigenvalue weighted by Crippen LogP contribution is 2.31. The molecule has 1 aromatic heterocycles. The number of hydrogen-bond donors (Lipinski definition) is 1. The lowest BCUT2D eigenvalue weighted by atomic mass is 10.1. The molecule has 20 heavy (non-hydrogen) atoms. The summed E-state index contributed by atoms with van der Waals surface area (Å²) in [4.78, 5) is 11.8. The van der Waals surface area contributed by atoms with Crippen LogP contribution in [0.4, 0.5) is 0 Å². The zero-order valence-electron chi connectivity index (χ0n) is 11.2. The van der Waals surface area contributed by atoms with Crippen molar-refractivity contribution in [2.24, 2.45) is 0 Å². The maximum Gasteiger partial charge on any atom is 0.360 e. The van der Waals surface area contributed by atoms with Crippen LogP contribution in [0, 0.1) is 0 Å². The van der Waals surface area contributed by atoms with Gasteiger partial charge in [0.05, 0.1) is 27.4 Å². The first kappa shape index (κ1) is 14.0. The van der Waals surface area contributed by atoms with Crippen LogP contribution in [0.5, 0.6) is 5.75 Å². The van der Waals surface area contributed by atoms with E-state index >= 15 is 0 Å². The molecule has 0 saturated heterocycles. The highest BCUT2D eigenvalue weighted by atomic mass is 16.5. The van der Waals surface area contributed by atoms with Crippen LogP contribution in [0.2, 0.25) is 0 Å². The molecule has 7 heteroatoms. The van der Waals surface area contributed by atoms with E-state index in [0.29, 0.717) is 17.0 Å². The van der Waals surface area contributed by atoms with Crippen molar-refractivity contribution in [3.63, 3.8) is 0 Å². The Morgan fingerprint density at radius 3 is 2.75 bits per heavy atom. The van der Waals surface area contributed by atoms with E-state index in [-0.39, 0.29) is 18.8 Å². The summed E-state index contributed by atoms with van der Waals surface area (Å²) >= 11 is 0. The van der Waals surface area contributed by atoms with E-state index in [1.807, 2.05) is 12.1 Å². The third-order valence-electron chi connectivity index (χ3n) is 2.79. The fourth-order valence-electron chi connectivity index (χ4n) is 1.91. The molecule has 0 bridgehead atoms. The standard InChI is InChI=1S/C13H15N3O4/c1-19-10-6-4-3-5-9(10)12-11(13(18)20-2)14-15-16(12)7-8-17/h3-6,17H,7-8H2,1-2H3. The molecule has 0 aliphatic carbocycles. The van der Waals surface area contributed by atoms with Gasteiger partial charge in [0.2, 0.25) is 0 Å². The second-order valence-corrected chi connectivity index (χ2v) is 3.93. The SMILES string of the molecule is COC(=O)c1nnn(CCO)c1-c1ccccc1OC. The molecule has 0 spiro atoms. The summed E-state index contributed by atoms with van der Waals surface area (Å²) in [7, 11) is 2.82. The average Bonchev–Trinajstić information content (AvgIpc) is 2.90. The Labute approximate surface area is 115 Å². The fourth-order valence-corrected chi connectivity index (χ4v) is 1.91. The maximum atomic E-state index is 11.8. The zero-order valence-corrected chi connectivity index (χ0v) is 11.2. The van der Waals surface area contributed by atoms with E-state index in [0.717, 1.165) is 0 Å². The van der Waals surface area contributed by atoms with Gasteiger partial charge in [-0.3, -0.25) is 0 Å². The van der Waals surface area contributed by atoms with Gasteiger partial charge in [0.1, 0.15) is 11.4 Å². The van der Waals surface area contributed by atoms with Gasteiger partial charge in [-0.1, -0.05) is 17.3 Å². The lowest BCUT2D eigenvalue weighted by Crippen LogP contribution is -2.09. The molecular formula is C13H15N3O4. The normalized spacial score (nSPS) is 10.3. The van der Waals surface area contributed by atoms with Crippen molar-refractivity contribution in [1.82, 2.24) is 15.0 Å². The number of aliphatic hydroxyl groups excluding tert-OH is 1. The number of esters is 1. The van der Waals surface area contributed by atoms with Crippen LogP contribution in [0.3, 0.4) is 0 Å². The summed E-state index contributed by atoms with van der Waals surface area (Å²) in [6.45, 7) is 0.101. The Morgan fingerprint density at radius 1 is 1.35 bits per heavy atom. The molecule has 0 aliphatic rings. The third-order valence-corrected chi connectivity index (χ3v) is 2.79. The van der Waals surface area contributed by atoms with Crippen molar-refractivity contribution < 1.29 is 19.4 Å². The van der Waals surface area contributed by atoms with Gasteiger partial charge < -0.3 is 14.6 Å². The number of carbonyl (C=O) groups excluding carboxylic acids is 1. The van der Waals surface area contributed by atoms with Crippen molar-refractivity contribution in [3.8, 4) is 17.0 Å². The Balaban J connectivity index is 2.63. The Bertz CT molecular complexity index is 609. The number of hydrogen-bond acceptors (Lipinski definition) is 6. The highest BCUT2D eigenvalue weighted by Gasteiger charge is 2.23. The number of aromatic nitrogens is 3. The number of rotatable bonds is 5. The largest absolute Gasteiger partial charge is 0.496 e. The van der Waals surface area contributed by atoms with Crippen molar-refractivity contribution >= 4 is 5.97 Å². The van der Waals surface area contributed by atoms with Gasteiger partial charge in [-0.2, -0.15) is 0 Å². The molecule has 0 unspecified atom stereocenters. The van der Waals surface area contributed by atoms with Crippen molar-refractivity contribution in [2.75, 3.05) is 20.8 Å². The van der Waals surface area contributed by atoms with Crippen molar-refractivity contribution in [3.05, 3.63) is 30.0 Å². The molecule has 2 aromatic rings. The second-order valence-electron chi connectivity index (χ2n) is 3.93. The number of para-hydroxylation sites is 1. The molecule has 0 saturated carbocycles. The van der Waals surface area contributed by atoms with Gasteiger partial charge >= 0.3 is 5.97 Å². The number of benzene rings is 1. The molecule has 1 aromatic carbocycles. The maximum absolute atomic E-state index is 11.8. The molecular weight excluding hydrogens is 262 g/mol. The van der Waals surface area contributed by atoms with Gasteiger partial charge in [0.25, 0.3) is 0 Å². The first-order chi connectivity index (χ1) is 9.72. The minimum atomic E-state index is -0.588. The van der Waals surface area contributed by atoms with Crippen LogP contribution in [0.15, 0.2) is 24.3 Å². The Kier molecular flexibility index (Phi) is 4.31. The Morgan fingerprint density at radius 2 is 2.10 bits per heavy atom. The molecule has 0 atom stereocenters. The van der Waals surface area contributed by atoms with E-state index in [4.69, 9.17) is 14.6 Å². The second kappa shape index (κ2) is 6.16. The molecule has 0 fully saturated rings. The summed E-state index contributed by atoms with van der Waals surface area (Å²) in [5, 5.41) is 16.8. The van der Waals surface area contributed by atoms with E-state index in [9.17, 15) is 4.79 Å². The zero-order chi connectivity index (χ0) is 14.5. The number of nitrogens with zero attached hydrogens (tertiary/aromatic N) is 3. The topological polar surface area (TPSA) is 86.5 Å². The van der Waals surface area contributed by atoms with Crippen LogP contribution >= 0.6 is 0 Å². The molecule has 106 valence electrons. The van der Waals surface area contributed by atoms with E-state index in [1.54, 1.807) is 12.1 Å². The van der Waals surface area contributed by atoms with Gasteiger partial charge in [-0.15, -0.1) is 5.10 Å². The molecule has 0 radical (unpaired) electrons. The first-order valence-electron chi connectivity index (χ1n) is 5.99. The minimum Gasteiger partial charge on any atom is -0.496 e. The molecule has 0 amide bonds. The fraction of sp³-hybridized carbons (Fsp3) is 0.308. The number of ether oxygens (including phenoxy) is 2. The molecule has 7 nitrogen and oxygen atoms in total. The van der Waals surface area contributed by atoms with Crippen LogP contribution < -0.4 is 4.74 Å². The van der Waals surface area contributed by atoms with Crippen LogP contribution in [0.1, 0.15) is 10.5 Å². The van der Waals surface area contributed by atoms with E-state index in [2.05, 4.69) is 10.3 Å². The predicted octanol–water partition coefficient (Wildman–Crippen LogP) is 0.733. The van der Waals surface area contributed by atoms with Crippen LogP contribution in [-0.2, 0) is 11.3 Å². The number of aliphatic hydroxyl groups is 1. The number of carbonyl (C=O) groups is 1. The van der Waals surface area contributed by atoms with Crippen molar-refractivity contribution in [2.45, 2.75) is 6.54 Å². The lowest BCUT2D eigenvalue weighted by Gasteiger charge is -2.10. The summed E-state index contributed by atoms with van der Waals surface area (Å²) in [6, 6.07) is 7.19. The van der Waals surface area contributed by atoms with Gasteiger partial charge in [-0.25, -0.2) is 9.48 Å². The first-order valence-corrected chi connectivity index (χ1v) is 5.99. The number of methoxy groups -OCH3 is 2. The van der Waals surface area contributed by atoms with Gasteiger partial charge in [0, 0.05) is 5.56 Å². The summed E-state index contributed by atoms with van der Waals surface area (Å²) in [6.07, 6.45) is 0. The minimum absolute atomic E-state index is 0.0884. The monoisotopic (exact) mass is 277 g/mol. The molecule has 2 rings (SSSR count). The predicted molar refractivity (Wildman–Crippen MR) is 70.4 cm³/mol. The van der Waals surface area contributed by atoms with Gasteiger partial charge in [0.15, 0.2) is 5.69 Å². The summed E-state index contributed by atoms with van der Waals surface area (Å²) in [5.74, 6) is -0.00533.